The van der Waals surface area contributed by atoms with Gasteiger partial charge < -0.3 is 19.6 Å². The highest BCUT2D eigenvalue weighted by molar-refractivity contribution is 5.95. The smallest absolute Gasteiger partial charge is 0.187 e. The van der Waals surface area contributed by atoms with Gasteiger partial charge in [-0.15, -0.1) is 0 Å². The Labute approximate surface area is 556 Å². The Balaban J connectivity index is 1.08. The molecule has 12 aromatic carbocycles. The van der Waals surface area contributed by atoms with E-state index < -0.39 is 10.8 Å². The molecule has 0 saturated heterocycles. The largest absolute Gasteiger partial charge is 0.311 e. The molecule has 446 valence electrons. The van der Waals surface area contributed by atoms with E-state index in [2.05, 4.69) is 150 Å². The number of hydrogen-bond donors (Lipinski definition) is 0. The number of rotatable bonds is 13. The molecule has 0 aromatic heterocycles. The maximum absolute atomic E-state index is 10.0. The third-order valence-electron chi connectivity index (χ3n) is 18.7. The summed E-state index contributed by atoms with van der Waals surface area (Å²) in [5.41, 5.74) is 19.6. The first-order valence-corrected chi connectivity index (χ1v) is 30.6. The van der Waals surface area contributed by atoms with Crippen LogP contribution in [0.15, 0.2) is 267 Å². The van der Waals surface area contributed by atoms with Gasteiger partial charge in [0.15, 0.2) is 22.7 Å². The first kappa shape index (κ1) is 59.4. The Morgan fingerprint density at radius 2 is 0.396 bits per heavy atom. The lowest BCUT2D eigenvalue weighted by molar-refractivity contribution is 0.376. The summed E-state index contributed by atoms with van der Waals surface area (Å²) >= 11 is 0. The lowest BCUT2D eigenvalue weighted by Crippen LogP contribution is -2.44. The van der Waals surface area contributed by atoms with Crippen LogP contribution >= 0.6 is 0 Å². The van der Waals surface area contributed by atoms with Crippen molar-refractivity contribution < 1.29 is 0 Å². The fourth-order valence-electron chi connectivity index (χ4n) is 13.9. The van der Waals surface area contributed by atoms with Gasteiger partial charge >= 0.3 is 0 Å². The van der Waals surface area contributed by atoms with Crippen LogP contribution in [0.3, 0.4) is 0 Å². The van der Waals surface area contributed by atoms with Crippen molar-refractivity contribution in [3.8, 4) is 46.5 Å². The van der Waals surface area contributed by atoms with Crippen LogP contribution in [0.5, 0.6) is 0 Å². The molecule has 0 unspecified atom stereocenters. The van der Waals surface area contributed by atoms with E-state index in [0.29, 0.717) is 45.0 Å². The summed E-state index contributed by atoms with van der Waals surface area (Å²) in [6.45, 7) is 36.2. The summed E-state index contributed by atoms with van der Waals surface area (Å²) in [6.07, 6.45) is 0. The molecule has 2 aliphatic rings. The zero-order valence-electron chi connectivity index (χ0n) is 51.8. The molecule has 0 saturated carbocycles. The summed E-state index contributed by atoms with van der Waals surface area (Å²) in [5.74, 6) is 0. The monoisotopic (exact) mass is 1230 g/mol. The van der Waals surface area contributed by atoms with E-state index >= 15 is 0 Å². The van der Waals surface area contributed by atoms with Crippen molar-refractivity contribution in [1.29, 1.82) is 21.0 Å². The van der Waals surface area contributed by atoms with Crippen molar-refractivity contribution in [3.05, 3.63) is 357 Å². The molecule has 0 amide bonds. The van der Waals surface area contributed by atoms with E-state index in [0.717, 1.165) is 113 Å². The van der Waals surface area contributed by atoms with Gasteiger partial charge in [0.2, 0.25) is 0 Å². The van der Waals surface area contributed by atoms with Crippen molar-refractivity contribution in [2.45, 2.75) is 24.7 Å². The lowest BCUT2D eigenvalue weighted by Gasteiger charge is -2.46. The Morgan fingerprint density at radius 1 is 0.240 bits per heavy atom. The Bertz CT molecular complexity index is 4540. The van der Waals surface area contributed by atoms with Gasteiger partial charge in [0, 0.05) is 79.1 Å². The number of hydrogen-bond acceptors (Lipinski definition) is 8. The Morgan fingerprint density at radius 3 is 0.552 bits per heavy atom. The first-order valence-electron chi connectivity index (χ1n) is 30.6. The van der Waals surface area contributed by atoms with E-state index in [1.807, 2.05) is 194 Å². The van der Waals surface area contributed by atoms with E-state index in [-0.39, 0.29) is 0 Å². The van der Waals surface area contributed by atoms with Crippen LogP contribution in [0.25, 0.3) is 41.6 Å². The number of nitrogens with zero attached hydrogens (tertiary/aromatic N) is 12. The van der Waals surface area contributed by atoms with Crippen LogP contribution in [0.2, 0.25) is 0 Å². The molecule has 0 spiro atoms. The van der Waals surface area contributed by atoms with Crippen LogP contribution in [-0.2, 0) is 10.8 Å². The zero-order chi connectivity index (χ0) is 66.2. The second kappa shape index (κ2) is 24.2. The number of fused-ring (bicyclic) bond motifs is 6. The van der Waals surface area contributed by atoms with Gasteiger partial charge in [-0.1, -0.05) is 86.6 Å². The van der Waals surface area contributed by atoms with Gasteiger partial charge in [-0.25, -0.2) is 19.4 Å². The van der Waals surface area contributed by atoms with Gasteiger partial charge in [0.05, 0.1) is 72.8 Å². The van der Waals surface area contributed by atoms with E-state index in [4.69, 9.17) is 26.3 Å². The average molecular weight is 1230 g/mol. The maximum atomic E-state index is 10.0. The van der Waals surface area contributed by atoms with Crippen molar-refractivity contribution in [2.24, 2.45) is 0 Å². The standard InChI is InChI=1S/C84H50N12/c1-83(79-47-71(93(63-23-7-55(51-85)8-24-63)67-31-15-59(89-3)16-32-67)39-43-75(79)76-44-40-72(48-80(76)83)94(64-25-9-56(52-86)10-26-64)68-33-17-60(90-4)18-34-68)84(2)81-49-73(95(65-27-11-57(53-87)12-28-65)69-35-19-61(91-5)20-36-69)41-45-77(81)78-46-42-74(50-82(78)84)96(66-29-13-58(54-88)14-30-66)70-37-21-62(92-6)22-38-70/h7-50H,1-2H3. The molecule has 12 aromatic rings. The molecule has 96 heavy (non-hydrogen) atoms. The fourth-order valence-corrected chi connectivity index (χ4v) is 13.9. The van der Waals surface area contributed by atoms with E-state index in [1.54, 1.807) is 0 Å². The van der Waals surface area contributed by atoms with Crippen LogP contribution in [0.1, 0.15) is 58.4 Å². The third-order valence-corrected chi connectivity index (χ3v) is 18.7. The molecule has 12 heteroatoms. The van der Waals surface area contributed by atoms with Gasteiger partial charge in [-0.2, -0.15) is 21.0 Å². The number of anilines is 12. The predicted molar refractivity (Wildman–Crippen MR) is 379 cm³/mol. The predicted octanol–water partition coefficient (Wildman–Crippen LogP) is 22.5. The minimum atomic E-state index is -1.04. The molecule has 12 nitrogen and oxygen atoms in total. The van der Waals surface area contributed by atoms with E-state index in [1.165, 1.54) is 0 Å². The summed E-state index contributed by atoms with van der Waals surface area (Å²) in [5, 5.41) is 40.2. The highest BCUT2D eigenvalue weighted by atomic mass is 15.2. The van der Waals surface area contributed by atoms with Crippen molar-refractivity contribution >= 4 is 91.0 Å². The molecule has 0 fully saturated rings. The summed E-state index contributed by atoms with van der Waals surface area (Å²) in [6, 6.07) is 95.6. The fraction of sp³-hybridized carbons (Fsp3) is 0.0476. The molecule has 14 rings (SSSR count). The van der Waals surface area contributed by atoms with Crippen molar-refractivity contribution in [1.82, 2.24) is 0 Å². The number of benzene rings is 12. The normalized spacial score (nSPS) is 12.1. The Hall–Kier alpha value is -14.2. The second-order valence-electron chi connectivity index (χ2n) is 23.7. The summed E-state index contributed by atoms with van der Waals surface area (Å²) in [7, 11) is 0. The highest BCUT2D eigenvalue weighted by Crippen LogP contribution is 2.67. The molecule has 0 radical (unpaired) electrons. The highest BCUT2D eigenvalue weighted by Gasteiger charge is 2.58. The third kappa shape index (κ3) is 9.97. The average Bonchev–Trinajstić information content (AvgIpc) is 1.50. The number of nitriles is 4. The van der Waals surface area contributed by atoms with Crippen molar-refractivity contribution in [2.75, 3.05) is 19.6 Å². The molecule has 0 atom stereocenters. The van der Waals surface area contributed by atoms with Gasteiger partial charge in [-0.3, -0.25) is 0 Å². The molecule has 0 heterocycles. The SMILES string of the molecule is [C-]#[N+]c1ccc(N(c2ccc(C#N)cc2)c2ccc3c(c2)C(C)(C2(C)c4cc(N(c5ccc(C#N)cc5)c5ccc([N+]#[C-])cc5)ccc4-c4ccc(N(c5ccc(C#N)cc5)c5ccc([N+]#[C-])cc5)cc42)c2cc(N(c4ccc(C#N)cc4)c4ccc([N+]#[C-])cc4)ccc2-3)cc1. The van der Waals surface area contributed by atoms with E-state index in [9.17, 15) is 21.0 Å². The van der Waals surface area contributed by atoms with Crippen LogP contribution < -0.4 is 19.6 Å². The van der Waals surface area contributed by atoms with Crippen LogP contribution in [-0.4, -0.2) is 0 Å². The Kier molecular flexibility index (Phi) is 15.0. The van der Waals surface area contributed by atoms with Gasteiger partial charge in [0.25, 0.3) is 0 Å². The topological polar surface area (TPSA) is 126 Å². The minimum absolute atomic E-state index is 0.491. The lowest BCUT2D eigenvalue weighted by atomic mass is 9.56. The van der Waals surface area contributed by atoms with Crippen molar-refractivity contribution in [3.63, 3.8) is 0 Å². The first-order chi connectivity index (χ1) is 46.9. The van der Waals surface area contributed by atoms with Crippen LogP contribution in [0, 0.1) is 71.6 Å². The van der Waals surface area contributed by atoms with Gasteiger partial charge in [0.1, 0.15) is 0 Å². The quantitative estimate of drug-likeness (QED) is 0.105. The molecule has 0 aliphatic heterocycles. The second-order valence-corrected chi connectivity index (χ2v) is 23.7. The molecular weight excluding hydrogens is 1180 g/mol. The zero-order valence-corrected chi connectivity index (χ0v) is 51.8. The molecule has 0 bridgehead atoms. The molecule has 0 N–H and O–H groups in total. The minimum Gasteiger partial charge on any atom is -0.311 e. The molecular formula is C84H50N12. The van der Waals surface area contributed by atoms with Gasteiger partial charge in [-0.05, 0) is 239 Å². The van der Waals surface area contributed by atoms with Crippen LogP contribution in [0.4, 0.5) is 91.0 Å². The summed E-state index contributed by atoms with van der Waals surface area (Å²) < 4.78 is 0. The molecule has 2 aliphatic carbocycles. The summed E-state index contributed by atoms with van der Waals surface area (Å²) in [4.78, 5) is 23.6. The maximum Gasteiger partial charge on any atom is 0.187 e.